The van der Waals surface area contributed by atoms with Crippen LogP contribution < -0.4 is 10.1 Å². The summed E-state index contributed by atoms with van der Waals surface area (Å²) in [6, 6.07) is 20.7. The topological polar surface area (TPSA) is 79.9 Å². The van der Waals surface area contributed by atoms with Crippen LogP contribution in [-0.2, 0) is 11.3 Å². The Morgan fingerprint density at radius 3 is 2.42 bits per heavy atom. The molecule has 1 atom stereocenters. The third-order valence-electron chi connectivity index (χ3n) is 5.26. The fraction of sp³-hybridized carbons (Fsp3) is 0.222. The van der Waals surface area contributed by atoms with Crippen molar-refractivity contribution >= 4 is 16.8 Å². The number of methoxy groups -OCH3 is 1. The number of aromatic nitrogens is 2. The highest BCUT2D eigenvalue weighted by Crippen LogP contribution is 2.26. The van der Waals surface area contributed by atoms with Gasteiger partial charge < -0.3 is 10.1 Å². The summed E-state index contributed by atoms with van der Waals surface area (Å²) < 4.78 is 46.1. The molecule has 0 aliphatic heterocycles. The van der Waals surface area contributed by atoms with Gasteiger partial charge in [0.15, 0.2) is 0 Å². The number of alkyl halides is 2. The summed E-state index contributed by atoms with van der Waals surface area (Å²) in [6.45, 7) is 2.39. The number of fused-ring (bicyclic) bond motifs is 1. The van der Waals surface area contributed by atoms with Crippen LogP contribution in [0.5, 0.6) is 5.75 Å². The molecule has 186 valence electrons. The molecule has 3 aromatic carbocycles. The number of nitriles is 1. The number of carbonyl (C=O) groups excluding carboxylic acids is 1. The average molecular weight is 495 g/mol. The Morgan fingerprint density at radius 1 is 1.14 bits per heavy atom. The van der Waals surface area contributed by atoms with Crippen LogP contribution >= 0.6 is 0 Å². The lowest BCUT2D eigenvalue weighted by atomic mass is 10.0. The smallest absolute Gasteiger partial charge is 0.321 e. The van der Waals surface area contributed by atoms with Crippen molar-refractivity contribution in [1.29, 1.82) is 5.26 Å². The summed E-state index contributed by atoms with van der Waals surface area (Å²) >= 11 is 0. The zero-order valence-corrected chi connectivity index (χ0v) is 20.0. The van der Waals surface area contributed by atoms with Gasteiger partial charge in [-0.1, -0.05) is 30.3 Å². The molecular weight excluding hydrogens is 469 g/mol. The molecule has 0 bridgehead atoms. The van der Waals surface area contributed by atoms with Crippen molar-refractivity contribution in [3.05, 3.63) is 84.3 Å². The fourth-order valence-electron chi connectivity index (χ4n) is 3.41. The predicted molar refractivity (Wildman–Crippen MR) is 131 cm³/mol. The molecule has 1 amide bonds. The van der Waals surface area contributed by atoms with E-state index in [1.54, 1.807) is 43.1 Å². The summed E-state index contributed by atoms with van der Waals surface area (Å²) in [6.07, 6.45) is 1.62. The Balaban J connectivity index is 0.000000383. The number of hydrogen-bond donors (Lipinski definition) is 1. The molecule has 0 aliphatic carbocycles. The monoisotopic (exact) mass is 494 g/mol. The Bertz CT molecular complexity index is 1380. The van der Waals surface area contributed by atoms with Crippen LogP contribution in [0, 0.1) is 17.1 Å². The van der Waals surface area contributed by atoms with Gasteiger partial charge in [0.05, 0.1) is 30.9 Å². The number of nitrogens with one attached hydrogen (secondary N) is 1. The molecule has 0 saturated carbocycles. The van der Waals surface area contributed by atoms with Crippen LogP contribution in [0.4, 0.5) is 13.2 Å². The Hall–Kier alpha value is -4.32. The van der Waals surface area contributed by atoms with Gasteiger partial charge in [-0.25, -0.2) is 4.39 Å². The second-order valence-corrected chi connectivity index (χ2v) is 8.19. The van der Waals surface area contributed by atoms with E-state index in [4.69, 9.17) is 10.00 Å². The summed E-state index contributed by atoms with van der Waals surface area (Å²) in [5.74, 6) is -4.43. The number of halogens is 3. The summed E-state index contributed by atoms with van der Waals surface area (Å²) in [4.78, 5) is 11.4. The molecule has 9 heteroatoms. The molecule has 6 nitrogen and oxygen atoms in total. The minimum Gasteiger partial charge on any atom is -0.497 e. The Kier molecular flexibility index (Phi) is 8.33. The van der Waals surface area contributed by atoms with Gasteiger partial charge in [-0.15, -0.1) is 0 Å². The molecule has 4 aromatic rings. The molecule has 1 aromatic heterocycles. The van der Waals surface area contributed by atoms with E-state index in [1.165, 1.54) is 12.1 Å². The van der Waals surface area contributed by atoms with Gasteiger partial charge in [0.1, 0.15) is 17.6 Å². The second kappa shape index (κ2) is 11.4. The Morgan fingerprint density at radius 2 is 1.81 bits per heavy atom. The lowest BCUT2D eigenvalue weighted by molar-refractivity contribution is -0.143. The fourth-order valence-corrected chi connectivity index (χ4v) is 3.41. The number of benzene rings is 3. The van der Waals surface area contributed by atoms with Crippen molar-refractivity contribution in [2.24, 2.45) is 0 Å². The van der Waals surface area contributed by atoms with Crippen molar-refractivity contribution in [3.63, 3.8) is 0 Å². The SMILES string of the molecule is CC(Cn1ncc2cc(-c3ccc(F)c(C#N)c3)ccc21)NC(=O)C(C)(F)F.COc1ccccc1. The molecular formula is C27H25F3N4O2. The molecule has 1 heterocycles. The van der Waals surface area contributed by atoms with E-state index in [1.807, 2.05) is 42.5 Å². The highest BCUT2D eigenvalue weighted by Gasteiger charge is 2.32. The molecule has 0 radical (unpaired) electrons. The number of ether oxygens (including phenoxy) is 1. The minimum absolute atomic E-state index is 0.0365. The normalized spacial score (nSPS) is 11.7. The molecule has 0 aliphatic rings. The number of amides is 1. The third kappa shape index (κ3) is 6.63. The first-order chi connectivity index (χ1) is 17.1. The molecule has 1 unspecified atom stereocenters. The van der Waals surface area contributed by atoms with E-state index >= 15 is 0 Å². The van der Waals surface area contributed by atoms with Gasteiger partial charge in [0.2, 0.25) is 0 Å². The molecule has 1 N–H and O–H groups in total. The second-order valence-electron chi connectivity index (χ2n) is 8.19. The largest absolute Gasteiger partial charge is 0.497 e. The summed E-state index contributed by atoms with van der Waals surface area (Å²) in [7, 11) is 1.66. The highest BCUT2D eigenvalue weighted by molar-refractivity contribution is 5.85. The minimum atomic E-state index is -3.44. The zero-order valence-electron chi connectivity index (χ0n) is 20.0. The summed E-state index contributed by atoms with van der Waals surface area (Å²) in [5, 5.41) is 16.3. The van der Waals surface area contributed by atoms with Gasteiger partial charge >= 0.3 is 5.92 Å². The van der Waals surface area contributed by atoms with Crippen molar-refractivity contribution in [3.8, 4) is 22.9 Å². The maximum absolute atomic E-state index is 13.5. The van der Waals surface area contributed by atoms with Crippen molar-refractivity contribution in [2.75, 3.05) is 7.11 Å². The van der Waals surface area contributed by atoms with E-state index in [0.717, 1.165) is 22.2 Å². The number of carbonyl (C=O) groups is 1. The van der Waals surface area contributed by atoms with Crippen molar-refractivity contribution in [1.82, 2.24) is 15.1 Å². The molecule has 4 rings (SSSR count). The molecule has 0 spiro atoms. The van der Waals surface area contributed by atoms with Crippen LogP contribution in [0.25, 0.3) is 22.0 Å². The maximum Gasteiger partial charge on any atom is 0.321 e. The number of para-hydroxylation sites is 1. The third-order valence-corrected chi connectivity index (χ3v) is 5.26. The van der Waals surface area contributed by atoms with Gasteiger partial charge in [0.25, 0.3) is 5.91 Å². The van der Waals surface area contributed by atoms with Crippen LogP contribution in [0.3, 0.4) is 0 Å². The molecule has 0 saturated heterocycles. The number of nitrogens with zero attached hydrogens (tertiary/aromatic N) is 3. The Labute approximate surface area is 206 Å². The first-order valence-corrected chi connectivity index (χ1v) is 11.1. The van der Waals surface area contributed by atoms with Crippen LogP contribution in [-0.4, -0.2) is 34.8 Å². The lowest BCUT2D eigenvalue weighted by Gasteiger charge is -2.17. The van der Waals surface area contributed by atoms with E-state index in [0.29, 0.717) is 12.5 Å². The predicted octanol–water partition coefficient (Wildman–Crippen LogP) is 5.57. The molecule has 0 fully saturated rings. The zero-order chi connectivity index (χ0) is 26.3. The first kappa shape index (κ1) is 26.3. The van der Waals surface area contributed by atoms with Gasteiger partial charge in [-0.05, 0) is 54.4 Å². The maximum atomic E-state index is 13.5. The lowest BCUT2D eigenvalue weighted by Crippen LogP contribution is -2.44. The van der Waals surface area contributed by atoms with Crippen LogP contribution in [0.2, 0.25) is 0 Å². The average Bonchev–Trinajstić information content (AvgIpc) is 3.26. The van der Waals surface area contributed by atoms with E-state index < -0.39 is 23.7 Å². The van der Waals surface area contributed by atoms with E-state index in [-0.39, 0.29) is 12.1 Å². The van der Waals surface area contributed by atoms with E-state index in [2.05, 4.69) is 10.4 Å². The van der Waals surface area contributed by atoms with Gasteiger partial charge in [-0.2, -0.15) is 19.1 Å². The highest BCUT2D eigenvalue weighted by atomic mass is 19.3. The first-order valence-electron chi connectivity index (χ1n) is 11.1. The van der Waals surface area contributed by atoms with Crippen LogP contribution in [0.15, 0.2) is 72.9 Å². The van der Waals surface area contributed by atoms with Crippen LogP contribution in [0.1, 0.15) is 19.4 Å². The molecule has 36 heavy (non-hydrogen) atoms. The number of hydrogen-bond acceptors (Lipinski definition) is 4. The van der Waals surface area contributed by atoms with Crippen molar-refractivity contribution in [2.45, 2.75) is 32.4 Å². The number of rotatable bonds is 6. The van der Waals surface area contributed by atoms with Gasteiger partial charge in [0, 0.05) is 18.4 Å². The summed E-state index contributed by atoms with van der Waals surface area (Å²) in [5.41, 5.74) is 2.20. The van der Waals surface area contributed by atoms with E-state index in [9.17, 15) is 18.0 Å². The van der Waals surface area contributed by atoms with Gasteiger partial charge in [-0.3, -0.25) is 9.48 Å². The standard InChI is InChI=1S/C20H17F3N4O.C7H8O/c1-12(26-19(28)20(2,22)23)11-27-18-6-4-14(8-16(18)10-25-27)13-3-5-17(21)15(7-13)9-24;1-8-7-5-3-2-4-6-7/h3-8,10,12H,11H2,1-2H3,(H,26,28);2-6H,1H3. The quantitative estimate of drug-likeness (QED) is 0.380. The van der Waals surface area contributed by atoms with Crippen molar-refractivity contribution < 1.29 is 22.7 Å².